The van der Waals surface area contributed by atoms with Crippen molar-refractivity contribution in [1.82, 2.24) is 14.9 Å². The Morgan fingerprint density at radius 3 is 3.09 bits per heavy atom. The third kappa shape index (κ3) is 2.21. The SMILES string of the molecule is CCNC(=O)[C@H]1O[C@@H](n2cnc3c2NCN=C3N)[C@H](O)[C@@H]1O. The number of amidine groups is 1. The molecule has 0 saturated carbocycles. The summed E-state index contributed by atoms with van der Waals surface area (Å²) in [5.41, 5.74) is 6.20. The van der Waals surface area contributed by atoms with E-state index in [1.165, 1.54) is 10.9 Å². The van der Waals surface area contributed by atoms with E-state index in [0.717, 1.165) is 0 Å². The molecule has 2 aliphatic rings. The van der Waals surface area contributed by atoms with E-state index in [4.69, 9.17) is 10.5 Å². The monoisotopic (exact) mass is 310 g/mol. The average Bonchev–Trinajstić information content (AvgIpc) is 3.03. The molecule has 1 aromatic heterocycles. The lowest BCUT2D eigenvalue weighted by molar-refractivity contribution is -0.137. The maximum absolute atomic E-state index is 11.9. The number of likely N-dealkylation sites (N-methyl/N-ethyl adjacent to an activating group) is 1. The number of hydrogen-bond donors (Lipinski definition) is 5. The number of amides is 1. The number of anilines is 1. The number of aliphatic hydroxyl groups is 2. The molecule has 0 aromatic carbocycles. The van der Waals surface area contributed by atoms with Gasteiger partial charge in [0, 0.05) is 6.54 Å². The Bertz CT molecular complexity index is 615. The van der Waals surface area contributed by atoms with Crippen LogP contribution in [-0.2, 0) is 9.53 Å². The van der Waals surface area contributed by atoms with Gasteiger partial charge in [-0.2, -0.15) is 0 Å². The molecule has 120 valence electrons. The highest BCUT2D eigenvalue weighted by atomic mass is 16.6. The lowest BCUT2D eigenvalue weighted by atomic mass is 10.1. The maximum Gasteiger partial charge on any atom is 0.252 e. The molecule has 10 nitrogen and oxygen atoms in total. The van der Waals surface area contributed by atoms with E-state index in [0.29, 0.717) is 18.1 Å². The number of aliphatic hydroxyl groups excluding tert-OH is 2. The van der Waals surface area contributed by atoms with E-state index < -0.39 is 30.4 Å². The van der Waals surface area contributed by atoms with Crippen LogP contribution < -0.4 is 16.4 Å². The molecular formula is C12H18N6O4. The van der Waals surface area contributed by atoms with Gasteiger partial charge in [-0.3, -0.25) is 9.36 Å². The van der Waals surface area contributed by atoms with Gasteiger partial charge in [0.05, 0.1) is 6.33 Å². The van der Waals surface area contributed by atoms with Gasteiger partial charge >= 0.3 is 0 Å². The van der Waals surface area contributed by atoms with Gasteiger partial charge in [-0.15, -0.1) is 0 Å². The first-order valence-electron chi connectivity index (χ1n) is 6.95. The fourth-order valence-electron chi connectivity index (χ4n) is 2.57. The average molecular weight is 310 g/mol. The van der Waals surface area contributed by atoms with E-state index in [2.05, 4.69) is 20.6 Å². The second-order valence-electron chi connectivity index (χ2n) is 5.05. The predicted octanol–water partition coefficient (Wildman–Crippen LogP) is -2.27. The van der Waals surface area contributed by atoms with Crippen LogP contribution in [0.2, 0.25) is 0 Å². The second-order valence-corrected chi connectivity index (χ2v) is 5.05. The highest BCUT2D eigenvalue weighted by molar-refractivity contribution is 6.01. The molecule has 3 rings (SSSR count). The van der Waals surface area contributed by atoms with Crippen LogP contribution in [-0.4, -0.2) is 63.0 Å². The van der Waals surface area contributed by atoms with Crippen molar-refractivity contribution in [2.24, 2.45) is 10.7 Å². The van der Waals surface area contributed by atoms with Gasteiger partial charge in [0.15, 0.2) is 12.3 Å². The number of imidazole rings is 1. The van der Waals surface area contributed by atoms with E-state index >= 15 is 0 Å². The lowest BCUT2D eigenvalue weighted by Crippen LogP contribution is -2.42. The Hall–Kier alpha value is -2.17. The van der Waals surface area contributed by atoms with Crippen molar-refractivity contribution in [3.8, 4) is 0 Å². The zero-order chi connectivity index (χ0) is 15.9. The van der Waals surface area contributed by atoms with Crippen LogP contribution in [0.5, 0.6) is 0 Å². The van der Waals surface area contributed by atoms with Crippen LogP contribution in [0.1, 0.15) is 18.8 Å². The van der Waals surface area contributed by atoms with Crippen LogP contribution in [0.3, 0.4) is 0 Å². The molecule has 0 bridgehead atoms. The first-order valence-corrected chi connectivity index (χ1v) is 6.95. The first kappa shape index (κ1) is 14.8. The van der Waals surface area contributed by atoms with Crippen LogP contribution in [0, 0.1) is 0 Å². The summed E-state index contributed by atoms with van der Waals surface area (Å²) in [5.74, 6) is 0.334. The number of ether oxygens (including phenoxy) is 1. The molecule has 0 spiro atoms. The number of fused-ring (bicyclic) bond motifs is 1. The fraction of sp³-hybridized carbons (Fsp3) is 0.583. The number of rotatable bonds is 3. The zero-order valence-corrected chi connectivity index (χ0v) is 11.9. The van der Waals surface area contributed by atoms with Crippen LogP contribution in [0.4, 0.5) is 5.82 Å². The summed E-state index contributed by atoms with van der Waals surface area (Å²) in [6.07, 6.45) is -3.27. The van der Waals surface area contributed by atoms with Gasteiger partial charge in [0.2, 0.25) is 0 Å². The van der Waals surface area contributed by atoms with Crippen LogP contribution >= 0.6 is 0 Å². The van der Waals surface area contributed by atoms with Crippen molar-refractivity contribution < 1.29 is 19.7 Å². The Morgan fingerprint density at radius 2 is 2.36 bits per heavy atom. The standard InChI is InChI=1S/C12H18N6O4/c1-2-14-11(21)8-6(19)7(20)12(22-8)18-4-17-5-9(13)15-3-16-10(5)18/h4,6-8,12,16,19-20H,2-3H2,1H3,(H2,13,15)(H,14,21)/t6-,7+,8-,12+/m0/s1. The first-order chi connectivity index (χ1) is 10.5. The minimum atomic E-state index is -1.33. The Morgan fingerprint density at radius 1 is 1.59 bits per heavy atom. The van der Waals surface area contributed by atoms with Gasteiger partial charge < -0.3 is 31.3 Å². The summed E-state index contributed by atoms with van der Waals surface area (Å²) < 4.78 is 7.04. The topological polar surface area (TPSA) is 147 Å². The molecule has 22 heavy (non-hydrogen) atoms. The number of nitrogens with zero attached hydrogens (tertiary/aromatic N) is 3. The summed E-state index contributed by atoms with van der Waals surface area (Å²) in [4.78, 5) is 20.0. The Kier molecular flexibility index (Phi) is 3.72. The lowest BCUT2D eigenvalue weighted by Gasteiger charge is -2.21. The largest absolute Gasteiger partial charge is 0.387 e. The van der Waals surface area contributed by atoms with Gasteiger partial charge in [0.25, 0.3) is 5.91 Å². The van der Waals surface area contributed by atoms with Crippen molar-refractivity contribution in [2.75, 3.05) is 18.5 Å². The molecule has 0 aliphatic carbocycles. The van der Waals surface area contributed by atoms with Crippen molar-refractivity contribution in [2.45, 2.75) is 31.5 Å². The highest BCUT2D eigenvalue weighted by Gasteiger charge is 2.48. The second kappa shape index (κ2) is 5.55. The van der Waals surface area contributed by atoms with Crippen molar-refractivity contribution in [3.63, 3.8) is 0 Å². The molecule has 2 aliphatic heterocycles. The molecule has 0 unspecified atom stereocenters. The zero-order valence-electron chi connectivity index (χ0n) is 11.9. The number of aliphatic imine (C=N–C) groups is 1. The molecule has 3 heterocycles. The van der Waals surface area contributed by atoms with E-state index in [-0.39, 0.29) is 12.5 Å². The minimum Gasteiger partial charge on any atom is -0.387 e. The van der Waals surface area contributed by atoms with E-state index in [1.807, 2.05) is 0 Å². The molecule has 10 heteroatoms. The summed E-state index contributed by atoms with van der Waals surface area (Å²) in [5, 5.41) is 25.8. The normalized spacial score (nSPS) is 30.4. The number of nitrogens with one attached hydrogen (secondary N) is 2. The van der Waals surface area contributed by atoms with Crippen molar-refractivity contribution in [1.29, 1.82) is 0 Å². The molecule has 1 saturated heterocycles. The van der Waals surface area contributed by atoms with Gasteiger partial charge in [-0.1, -0.05) is 0 Å². The van der Waals surface area contributed by atoms with Gasteiger partial charge in [0.1, 0.15) is 36.2 Å². The van der Waals surface area contributed by atoms with E-state index in [1.54, 1.807) is 6.92 Å². The van der Waals surface area contributed by atoms with Crippen LogP contribution in [0.25, 0.3) is 0 Å². The van der Waals surface area contributed by atoms with Crippen LogP contribution in [0.15, 0.2) is 11.3 Å². The van der Waals surface area contributed by atoms with Gasteiger partial charge in [-0.05, 0) is 6.92 Å². The number of hydrogen-bond acceptors (Lipinski definition) is 8. The summed E-state index contributed by atoms with van der Waals surface area (Å²) in [7, 11) is 0. The Balaban J connectivity index is 1.87. The number of aromatic nitrogens is 2. The number of carbonyl (C=O) groups is 1. The van der Waals surface area contributed by atoms with Crippen molar-refractivity contribution >= 4 is 17.6 Å². The third-order valence-corrected chi connectivity index (χ3v) is 3.65. The van der Waals surface area contributed by atoms with Crippen molar-refractivity contribution in [3.05, 3.63) is 12.0 Å². The summed E-state index contributed by atoms with van der Waals surface area (Å²) in [6, 6.07) is 0. The van der Waals surface area contributed by atoms with Gasteiger partial charge in [-0.25, -0.2) is 9.98 Å². The molecular weight excluding hydrogens is 292 g/mol. The molecule has 6 N–H and O–H groups in total. The number of nitrogens with two attached hydrogens (primary N) is 1. The molecule has 0 radical (unpaired) electrons. The molecule has 1 amide bonds. The minimum absolute atomic E-state index is 0.273. The summed E-state index contributed by atoms with van der Waals surface area (Å²) in [6.45, 7) is 2.43. The molecule has 4 atom stereocenters. The third-order valence-electron chi connectivity index (χ3n) is 3.65. The molecule has 1 aromatic rings. The maximum atomic E-state index is 11.9. The number of carbonyl (C=O) groups excluding carboxylic acids is 1. The quantitative estimate of drug-likeness (QED) is 0.423. The molecule has 1 fully saturated rings. The van der Waals surface area contributed by atoms with E-state index in [9.17, 15) is 15.0 Å². The predicted molar refractivity (Wildman–Crippen MR) is 76.0 cm³/mol. The Labute approximate surface area is 126 Å². The smallest absolute Gasteiger partial charge is 0.252 e. The fourth-order valence-corrected chi connectivity index (χ4v) is 2.57. The highest BCUT2D eigenvalue weighted by Crippen LogP contribution is 2.33. The summed E-state index contributed by atoms with van der Waals surface area (Å²) >= 11 is 0.